The van der Waals surface area contributed by atoms with Gasteiger partial charge in [-0.25, -0.2) is 4.98 Å². The largest absolute Gasteiger partial charge is 0.394 e. The van der Waals surface area contributed by atoms with Gasteiger partial charge in [0.2, 0.25) is 0 Å². The molecule has 1 aliphatic heterocycles. The normalized spacial score (nSPS) is 25.9. The number of hydrogen-bond donors (Lipinski definition) is 2. The average molecular weight is 293 g/mol. The highest BCUT2D eigenvalue weighted by Crippen LogP contribution is 2.49. The average Bonchev–Trinajstić information content (AvgIpc) is 3.02. The molecule has 2 unspecified atom stereocenters. The molecule has 0 amide bonds. The van der Waals surface area contributed by atoms with Crippen LogP contribution in [0.3, 0.4) is 0 Å². The number of nitrogens with zero attached hydrogens (tertiary/aromatic N) is 4. The van der Waals surface area contributed by atoms with Crippen molar-refractivity contribution >= 4 is 28.7 Å². The molecule has 3 heterocycles. The minimum Gasteiger partial charge on any atom is -0.394 e. The molecule has 1 aliphatic rings. The van der Waals surface area contributed by atoms with Crippen LogP contribution in [0.1, 0.15) is 18.2 Å². The molecule has 0 radical (unpaired) electrons. The summed E-state index contributed by atoms with van der Waals surface area (Å²) >= 11 is 1.46. The number of fused-ring (bicyclic) bond motifs is 1. The Kier molecular flexibility index (Phi) is 3.03. The maximum absolute atomic E-state index is 13.3. The standard InChI is InChI=1S/C12H12FN5OS/c1-2-12(5-19)4-3-7(20-12)18-6-15-8-9(14)16-11(13)17-10(8)18/h1,6-7,19H,3-5H2,(H2,14,16,17). The summed E-state index contributed by atoms with van der Waals surface area (Å²) in [7, 11) is 0. The van der Waals surface area contributed by atoms with E-state index < -0.39 is 10.8 Å². The maximum Gasteiger partial charge on any atom is 0.312 e. The number of nitrogens with two attached hydrogens (primary N) is 1. The molecule has 6 nitrogen and oxygen atoms in total. The Bertz CT molecular complexity index is 712. The zero-order valence-electron chi connectivity index (χ0n) is 10.5. The van der Waals surface area contributed by atoms with Gasteiger partial charge >= 0.3 is 6.08 Å². The van der Waals surface area contributed by atoms with Crippen LogP contribution in [0.15, 0.2) is 6.33 Å². The van der Waals surface area contributed by atoms with E-state index in [0.29, 0.717) is 17.6 Å². The van der Waals surface area contributed by atoms with E-state index in [4.69, 9.17) is 12.2 Å². The van der Waals surface area contributed by atoms with Crippen LogP contribution in [0.5, 0.6) is 0 Å². The van der Waals surface area contributed by atoms with E-state index in [0.717, 1.165) is 6.42 Å². The van der Waals surface area contributed by atoms with Gasteiger partial charge in [0.1, 0.15) is 10.3 Å². The number of aromatic nitrogens is 4. The first kappa shape index (κ1) is 13.1. The summed E-state index contributed by atoms with van der Waals surface area (Å²) in [5.41, 5.74) is 6.34. The highest BCUT2D eigenvalue weighted by molar-refractivity contribution is 8.01. The van der Waals surface area contributed by atoms with E-state index >= 15 is 0 Å². The summed E-state index contributed by atoms with van der Waals surface area (Å²) in [6.45, 7) is -0.0945. The number of imidazole rings is 1. The van der Waals surface area contributed by atoms with Crippen molar-refractivity contribution < 1.29 is 9.50 Å². The molecule has 3 N–H and O–H groups in total. The number of aliphatic hydroxyl groups is 1. The number of nitrogen functional groups attached to an aromatic ring is 1. The smallest absolute Gasteiger partial charge is 0.312 e. The third-order valence-electron chi connectivity index (χ3n) is 3.41. The quantitative estimate of drug-likeness (QED) is 0.632. The molecule has 0 saturated carbocycles. The molecule has 1 fully saturated rings. The second-order valence-electron chi connectivity index (χ2n) is 4.61. The van der Waals surface area contributed by atoms with E-state index in [1.165, 1.54) is 11.8 Å². The molecule has 20 heavy (non-hydrogen) atoms. The molecule has 2 atom stereocenters. The lowest BCUT2D eigenvalue weighted by Gasteiger charge is -2.19. The summed E-state index contributed by atoms with van der Waals surface area (Å²) in [4.78, 5) is 11.3. The van der Waals surface area contributed by atoms with Crippen LogP contribution in [0.4, 0.5) is 10.2 Å². The van der Waals surface area contributed by atoms with Crippen LogP contribution in [-0.4, -0.2) is 36.0 Å². The summed E-state index contributed by atoms with van der Waals surface area (Å²) in [6.07, 6.45) is 7.58. The van der Waals surface area contributed by atoms with Gasteiger partial charge in [-0.1, -0.05) is 5.92 Å². The van der Waals surface area contributed by atoms with Crippen LogP contribution >= 0.6 is 11.8 Å². The van der Waals surface area contributed by atoms with Crippen molar-refractivity contribution in [3.05, 3.63) is 12.4 Å². The second-order valence-corrected chi connectivity index (χ2v) is 6.17. The van der Waals surface area contributed by atoms with Crippen LogP contribution in [0.2, 0.25) is 0 Å². The molecule has 0 bridgehead atoms. The highest BCUT2D eigenvalue weighted by atomic mass is 32.2. The Morgan fingerprint density at radius 3 is 3.10 bits per heavy atom. The molecule has 8 heteroatoms. The minimum absolute atomic E-state index is 0.0135. The first-order chi connectivity index (χ1) is 9.58. The maximum atomic E-state index is 13.3. The zero-order chi connectivity index (χ0) is 14.3. The van der Waals surface area contributed by atoms with Crippen molar-refractivity contribution in [1.82, 2.24) is 19.5 Å². The van der Waals surface area contributed by atoms with Crippen molar-refractivity contribution in [2.75, 3.05) is 12.3 Å². The summed E-state index contributed by atoms with van der Waals surface area (Å²) in [5.74, 6) is 2.65. The van der Waals surface area contributed by atoms with Crippen molar-refractivity contribution in [2.24, 2.45) is 0 Å². The van der Waals surface area contributed by atoms with Gasteiger partial charge < -0.3 is 15.4 Å². The SMILES string of the molecule is C#CC1(CO)CCC(n2cnc3c(N)nc(F)nc32)S1. The number of halogens is 1. The second kappa shape index (κ2) is 4.61. The van der Waals surface area contributed by atoms with Gasteiger partial charge in [-0.2, -0.15) is 14.4 Å². The third-order valence-corrected chi connectivity index (χ3v) is 5.04. The van der Waals surface area contributed by atoms with Crippen molar-refractivity contribution in [1.29, 1.82) is 0 Å². The van der Waals surface area contributed by atoms with E-state index in [2.05, 4.69) is 20.9 Å². The van der Waals surface area contributed by atoms with Crippen LogP contribution in [0, 0.1) is 18.4 Å². The summed E-state index contributed by atoms with van der Waals surface area (Å²) < 4.78 is 14.4. The highest BCUT2D eigenvalue weighted by Gasteiger charge is 2.39. The van der Waals surface area contributed by atoms with Crippen molar-refractivity contribution in [3.8, 4) is 12.3 Å². The fourth-order valence-electron chi connectivity index (χ4n) is 2.32. The molecule has 104 valence electrons. The fourth-order valence-corrected chi connectivity index (χ4v) is 3.72. The summed E-state index contributed by atoms with van der Waals surface area (Å²) in [5, 5.41) is 9.38. The molecule has 0 spiro atoms. The van der Waals surface area contributed by atoms with E-state index in [1.807, 2.05) is 0 Å². The molecular formula is C12H12FN5OS. The van der Waals surface area contributed by atoms with Crippen molar-refractivity contribution in [3.63, 3.8) is 0 Å². The lowest BCUT2D eigenvalue weighted by molar-refractivity contribution is 0.270. The van der Waals surface area contributed by atoms with E-state index in [-0.39, 0.29) is 17.8 Å². The Morgan fingerprint density at radius 2 is 2.45 bits per heavy atom. The molecule has 1 saturated heterocycles. The summed E-state index contributed by atoms with van der Waals surface area (Å²) in [6, 6.07) is 0. The third kappa shape index (κ3) is 1.90. The Labute approximate surface area is 118 Å². The molecule has 3 rings (SSSR count). The Balaban J connectivity index is 2.03. The lowest BCUT2D eigenvalue weighted by Crippen LogP contribution is -2.23. The van der Waals surface area contributed by atoms with Gasteiger partial charge in [0, 0.05) is 0 Å². The topological polar surface area (TPSA) is 89.8 Å². The molecule has 0 aromatic carbocycles. The number of aliphatic hydroxyl groups excluding tert-OH is 1. The van der Waals surface area contributed by atoms with Crippen molar-refractivity contribution in [2.45, 2.75) is 23.0 Å². The number of hydrogen-bond acceptors (Lipinski definition) is 6. The number of thioether (sulfide) groups is 1. The lowest BCUT2D eigenvalue weighted by atomic mass is 10.1. The zero-order valence-corrected chi connectivity index (χ0v) is 11.3. The first-order valence-corrected chi connectivity index (χ1v) is 6.88. The fraction of sp³-hybridized carbons (Fsp3) is 0.417. The van der Waals surface area contributed by atoms with Gasteiger partial charge in [-0.15, -0.1) is 18.2 Å². The van der Waals surface area contributed by atoms with Gasteiger partial charge in [-0.3, -0.25) is 0 Å². The predicted molar refractivity (Wildman–Crippen MR) is 74.2 cm³/mol. The molecule has 2 aromatic rings. The number of anilines is 1. The van der Waals surface area contributed by atoms with Gasteiger partial charge in [0.25, 0.3) is 0 Å². The Morgan fingerprint density at radius 1 is 1.65 bits per heavy atom. The molecule has 0 aliphatic carbocycles. The Hall–Kier alpha value is -1.85. The van der Waals surface area contributed by atoms with Crippen LogP contribution < -0.4 is 5.73 Å². The van der Waals surface area contributed by atoms with Gasteiger partial charge in [-0.05, 0) is 12.8 Å². The molecular weight excluding hydrogens is 281 g/mol. The number of rotatable bonds is 2. The van der Waals surface area contributed by atoms with E-state index in [9.17, 15) is 9.50 Å². The van der Waals surface area contributed by atoms with Gasteiger partial charge in [0.05, 0.1) is 18.3 Å². The predicted octanol–water partition coefficient (Wildman–Crippen LogP) is 0.937. The van der Waals surface area contributed by atoms with Crippen LogP contribution in [-0.2, 0) is 0 Å². The molecule has 2 aromatic heterocycles. The van der Waals surface area contributed by atoms with E-state index in [1.54, 1.807) is 10.9 Å². The number of terminal acetylenes is 1. The van der Waals surface area contributed by atoms with Gasteiger partial charge in [0.15, 0.2) is 11.5 Å². The minimum atomic E-state index is -0.884. The first-order valence-electron chi connectivity index (χ1n) is 6.00. The van der Waals surface area contributed by atoms with Crippen LogP contribution in [0.25, 0.3) is 11.2 Å². The monoisotopic (exact) mass is 293 g/mol.